The zero-order valence-corrected chi connectivity index (χ0v) is 23.0. The zero-order valence-electron chi connectivity index (χ0n) is 23.0. The molecule has 2 amide bonds. The Hall–Kier alpha value is -4.47. The van der Waals surface area contributed by atoms with Crippen molar-refractivity contribution >= 4 is 28.5 Å². The van der Waals surface area contributed by atoms with Gasteiger partial charge in [0.2, 0.25) is 11.8 Å². The Kier molecular flexibility index (Phi) is 6.20. The molecule has 2 N–H and O–H groups in total. The number of hydrogen-bond acceptors (Lipinski definition) is 7. The lowest BCUT2D eigenvalue weighted by Gasteiger charge is -2.27. The minimum atomic E-state index is -0.566. The van der Waals surface area contributed by atoms with Crippen molar-refractivity contribution in [2.24, 2.45) is 5.41 Å². The van der Waals surface area contributed by atoms with Crippen molar-refractivity contribution in [2.75, 3.05) is 0 Å². The molecule has 2 fully saturated rings. The van der Waals surface area contributed by atoms with Gasteiger partial charge in [0.1, 0.15) is 17.6 Å². The fraction of sp³-hybridized carbons (Fsp3) is 0.367. The summed E-state index contributed by atoms with van der Waals surface area (Å²) in [5.74, 6) is 0.132. The number of carbonyl (C=O) groups is 3. The Bertz CT molecular complexity index is 1650. The molecule has 4 aromatic rings. The van der Waals surface area contributed by atoms with Gasteiger partial charge in [-0.2, -0.15) is 5.10 Å². The minimum Gasteiger partial charge on any atom is -0.349 e. The second kappa shape index (κ2) is 9.62. The molecule has 0 bridgehead atoms. The predicted octanol–water partition coefficient (Wildman–Crippen LogP) is 3.47. The van der Waals surface area contributed by atoms with Crippen molar-refractivity contribution < 1.29 is 14.4 Å². The maximum atomic E-state index is 14.1. The molecular formula is C30H31N7O3. The van der Waals surface area contributed by atoms with Crippen LogP contribution in [0.15, 0.2) is 42.9 Å². The van der Waals surface area contributed by atoms with Crippen LogP contribution in [0, 0.1) is 19.3 Å². The molecule has 1 saturated heterocycles. The molecule has 1 saturated carbocycles. The lowest BCUT2D eigenvalue weighted by molar-refractivity contribution is -0.139. The maximum absolute atomic E-state index is 14.1. The van der Waals surface area contributed by atoms with Crippen LogP contribution in [0.5, 0.6) is 0 Å². The average molecular weight is 538 g/mol. The first-order chi connectivity index (χ1) is 19.2. The van der Waals surface area contributed by atoms with Crippen LogP contribution in [0.2, 0.25) is 0 Å². The Morgan fingerprint density at radius 1 is 1.12 bits per heavy atom. The summed E-state index contributed by atoms with van der Waals surface area (Å²) < 4.78 is 0. The quantitative estimate of drug-likeness (QED) is 0.345. The number of piperidine rings is 1. The van der Waals surface area contributed by atoms with Crippen LogP contribution in [0.25, 0.3) is 22.0 Å². The highest BCUT2D eigenvalue weighted by Gasteiger charge is 2.64. The number of H-pyrrole nitrogens is 1. The highest BCUT2D eigenvalue weighted by molar-refractivity contribution is 6.09. The average Bonchev–Trinajstić information content (AvgIpc) is 3.26. The smallest absolute Gasteiger partial charge is 0.243 e. The summed E-state index contributed by atoms with van der Waals surface area (Å²) in [7, 11) is 0. The number of aromatic amines is 1. The van der Waals surface area contributed by atoms with Gasteiger partial charge in [0.15, 0.2) is 5.78 Å². The standard InChI is InChI=1S/C30H31N7O3/c1-16-9-21(19-13-32-18(3)33-14-19)22(26-27(16)35-36-28(26)17(2)38)10-25(39)37-23(11-30(4)12-24(30)37)29(40)34-15-20-7-5-6-8-31-20/h5-9,13-14,23-24H,10-12,15H2,1-4H3,(H,34,40)(H,35,36)/t23-,24+,30-/m0/s1. The Morgan fingerprint density at radius 3 is 2.60 bits per heavy atom. The molecule has 4 heterocycles. The molecule has 0 spiro atoms. The largest absolute Gasteiger partial charge is 0.349 e. The van der Waals surface area contributed by atoms with Crippen LogP contribution in [0.4, 0.5) is 0 Å². The van der Waals surface area contributed by atoms with Crippen molar-refractivity contribution in [3.8, 4) is 11.1 Å². The molecule has 3 aromatic heterocycles. The van der Waals surface area contributed by atoms with Gasteiger partial charge in [-0.05, 0) is 67.0 Å². The second-order valence-electron chi connectivity index (χ2n) is 11.2. The van der Waals surface area contributed by atoms with Crippen LogP contribution in [0.1, 0.15) is 59.8 Å². The molecule has 6 rings (SSSR count). The molecule has 1 aliphatic heterocycles. The molecule has 2 aliphatic rings. The molecular weight excluding hydrogens is 506 g/mol. The van der Waals surface area contributed by atoms with Gasteiger partial charge in [-0.1, -0.05) is 13.0 Å². The van der Waals surface area contributed by atoms with E-state index >= 15 is 0 Å². The molecule has 0 unspecified atom stereocenters. The molecule has 204 valence electrons. The maximum Gasteiger partial charge on any atom is 0.243 e. The predicted molar refractivity (Wildman–Crippen MR) is 148 cm³/mol. The SMILES string of the molecule is CC(=O)c1[nH]nc2c(C)cc(-c3cnc(C)nc3)c(CC(=O)N3[C@H](C(=O)NCc4ccccn4)C[C@@]4(C)C[C@@H]34)c12. The number of rotatable bonds is 7. The number of ketones is 1. The normalized spacial score (nSPS) is 21.4. The molecule has 3 atom stereocenters. The summed E-state index contributed by atoms with van der Waals surface area (Å²) in [4.78, 5) is 54.9. The second-order valence-corrected chi connectivity index (χ2v) is 11.2. The number of Topliss-reactive ketones (excluding diaryl/α,β-unsaturated/α-hetero) is 1. The van der Waals surface area contributed by atoms with Crippen LogP contribution in [0.3, 0.4) is 0 Å². The summed E-state index contributed by atoms with van der Waals surface area (Å²) in [5.41, 5.74) is 4.76. The van der Waals surface area contributed by atoms with E-state index in [0.717, 1.165) is 28.8 Å². The van der Waals surface area contributed by atoms with Crippen molar-refractivity contribution in [1.82, 2.24) is 35.4 Å². The number of likely N-dealkylation sites (tertiary alicyclic amines) is 1. The van der Waals surface area contributed by atoms with Crippen molar-refractivity contribution in [3.05, 3.63) is 71.2 Å². The summed E-state index contributed by atoms with van der Waals surface area (Å²) in [6.45, 7) is 7.65. The molecule has 40 heavy (non-hydrogen) atoms. The van der Waals surface area contributed by atoms with E-state index in [1.807, 2.05) is 38.1 Å². The third-order valence-corrected chi connectivity index (χ3v) is 8.30. The Labute approximate surface area is 231 Å². The van der Waals surface area contributed by atoms with Crippen LogP contribution < -0.4 is 5.32 Å². The van der Waals surface area contributed by atoms with E-state index in [1.54, 1.807) is 23.5 Å². The van der Waals surface area contributed by atoms with Gasteiger partial charge in [0.05, 0.1) is 24.2 Å². The lowest BCUT2D eigenvalue weighted by Crippen LogP contribution is -2.48. The van der Waals surface area contributed by atoms with Crippen molar-refractivity contribution in [2.45, 2.75) is 65.6 Å². The van der Waals surface area contributed by atoms with E-state index in [-0.39, 0.29) is 35.5 Å². The van der Waals surface area contributed by atoms with E-state index in [4.69, 9.17) is 0 Å². The Morgan fingerprint density at radius 2 is 1.90 bits per heavy atom. The molecule has 1 aliphatic carbocycles. The summed E-state index contributed by atoms with van der Waals surface area (Å²) in [6.07, 6.45) is 6.64. The molecule has 10 heteroatoms. The highest BCUT2D eigenvalue weighted by atomic mass is 16.2. The van der Waals surface area contributed by atoms with E-state index in [1.165, 1.54) is 6.92 Å². The van der Waals surface area contributed by atoms with Gasteiger partial charge in [-0.3, -0.25) is 24.5 Å². The fourth-order valence-electron chi connectivity index (χ4n) is 6.06. The number of hydrogen-bond donors (Lipinski definition) is 2. The monoisotopic (exact) mass is 537 g/mol. The topological polar surface area (TPSA) is 134 Å². The highest BCUT2D eigenvalue weighted by Crippen LogP contribution is 2.59. The number of amides is 2. The first kappa shape index (κ1) is 25.8. The summed E-state index contributed by atoms with van der Waals surface area (Å²) in [5, 5.41) is 10.9. The van der Waals surface area contributed by atoms with Crippen LogP contribution in [-0.2, 0) is 22.6 Å². The number of pyridine rings is 1. The first-order valence-corrected chi connectivity index (χ1v) is 13.5. The number of nitrogens with zero attached hydrogens (tertiary/aromatic N) is 5. The van der Waals surface area contributed by atoms with E-state index in [9.17, 15) is 14.4 Å². The Balaban J connectivity index is 1.37. The van der Waals surface area contributed by atoms with E-state index in [0.29, 0.717) is 41.0 Å². The molecule has 1 aromatic carbocycles. The van der Waals surface area contributed by atoms with Gasteiger partial charge in [0, 0.05) is 42.5 Å². The van der Waals surface area contributed by atoms with E-state index < -0.39 is 6.04 Å². The third kappa shape index (κ3) is 4.43. The number of aromatic nitrogens is 5. The van der Waals surface area contributed by atoms with Crippen molar-refractivity contribution in [1.29, 1.82) is 0 Å². The van der Waals surface area contributed by atoms with Gasteiger partial charge < -0.3 is 10.2 Å². The van der Waals surface area contributed by atoms with Gasteiger partial charge >= 0.3 is 0 Å². The number of fused-ring (bicyclic) bond motifs is 2. The fourth-order valence-corrected chi connectivity index (χ4v) is 6.06. The zero-order chi connectivity index (χ0) is 28.2. The number of aryl methyl sites for hydroxylation is 2. The third-order valence-electron chi connectivity index (χ3n) is 8.30. The van der Waals surface area contributed by atoms with Crippen molar-refractivity contribution in [3.63, 3.8) is 0 Å². The van der Waals surface area contributed by atoms with E-state index in [2.05, 4.69) is 37.4 Å². The lowest BCUT2D eigenvalue weighted by atomic mass is 9.91. The molecule has 10 nitrogen and oxygen atoms in total. The van der Waals surface area contributed by atoms with Gasteiger partial charge in [-0.25, -0.2) is 9.97 Å². The van der Waals surface area contributed by atoms with Crippen LogP contribution >= 0.6 is 0 Å². The summed E-state index contributed by atoms with van der Waals surface area (Å²) in [6, 6.07) is 6.96. The van der Waals surface area contributed by atoms with Gasteiger partial charge in [0.25, 0.3) is 0 Å². The first-order valence-electron chi connectivity index (χ1n) is 13.5. The van der Waals surface area contributed by atoms with Gasteiger partial charge in [-0.15, -0.1) is 0 Å². The number of benzene rings is 1. The van der Waals surface area contributed by atoms with Crippen LogP contribution in [-0.4, -0.2) is 59.7 Å². The molecule has 0 radical (unpaired) electrons. The summed E-state index contributed by atoms with van der Waals surface area (Å²) >= 11 is 0. The minimum absolute atomic E-state index is 0.00863. The number of carbonyl (C=O) groups excluding carboxylic acids is 3. The number of nitrogens with one attached hydrogen (secondary N) is 2.